The van der Waals surface area contributed by atoms with Crippen LogP contribution in [0.3, 0.4) is 0 Å². The molecule has 96 valence electrons. The molecule has 1 heterocycles. The van der Waals surface area contributed by atoms with Crippen LogP contribution >= 0.6 is 11.3 Å². The van der Waals surface area contributed by atoms with Gasteiger partial charge in [-0.1, -0.05) is 18.9 Å². The molecule has 0 radical (unpaired) electrons. The summed E-state index contributed by atoms with van der Waals surface area (Å²) >= 11 is 1.71. The summed E-state index contributed by atoms with van der Waals surface area (Å²) in [6, 6.07) is 7.67. The average molecular weight is 263 g/mol. The highest BCUT2D eigenvalue weighted by Gasteiger charge is 2.23. The summed E-state index contributed by atoms with van der Waals surface area (Å²) in [4.78, 5) is 1.33. The Balaban J connectivity index is 1.81. The fourth-order valence-electron chi connectivity index (χ4n) is 2.43. The van der Waals surface area contributed by atoms with Crippen LogP contribution in [0.4, 0.5) is 4.39 Å². The predicted molar refractivity (Wildman–Crippen MR) is 75.5 cm³/mol. The molecule has 1 N–H and O–H groups in total. The molecule has 1 atom stereocenters. The molecule has 2 aromatic rings. The monoisotopic (exact) mass is 263 g/mol. The summed E-state index contributed by atoms with van der Waals surface area (Å²) < 4.78 is 14.2. The van der Waals surface area contributed by atoms with E-state index >= 15 is 0 Å². The van der Waals surface area contributed by atoms with E-state index in [0.717, 1.165) is 16.0 Å². The molecule has 1 saturated carbocycles. The number of hydrogen-bond donors (Lipinski definition) is 1. The van der Waals surface area contributed by atoms with E-state index in [0.29, 0.717) is 6.04 Å². The highest BCUT2D eigenvalue weighted by Crippen LogP contribution is 2.38. The van der Waals surface area contributed by atoms with Crippen LogP contribution in [-0.2, 0) is 0 Å². The Labute approximate surface area is 111 Å². The maximum atomic E-state index is 13.2. The van der Waals surface area contributed by atoms with Crippen molar-refractivity contribution < 1.29 is 4.39 Å². The first-order chi connectivity index (χ1) is 8.76. The molecule has 1 unspecified atom stereocenters. The molecular weight excluding hydrogens is 245 g/mol. The SMILES string of the molecule is CNC(CCC1CC1)c1cc2ccc(F)cc2s1. The Kier molecular flexibility index (Phi) is 3.35. The van der Waals surface area contributed by atoms with Crippen LogP contribution in [0.2, 0.25) is 0 Å². The molecule has 0 aliphatic heterocycles. The van der Waals surface area contributed by atoms with Crippen LogP contribution < -0.4 is 5.32 Å². The van der Waals surface area contributed by atoms with E-state index < -0.39 is 0 Å². The fraction of sp³-hybridized carbons (Fsp3) is 0.467. The second-order valence-corrected chi connectivity index (χ2v) is 6.31. The van der Waals surface area contributed by atoms with E-state index in [1.807, 2.05) is 13.1 Å². The summed E-state index contributed by atoms with van der Waals surface area (Å²) in [7, 11) is 2.02. The van der Waals surface area contributed by atoms with Crippen molar-refractivity contribution in [3.63, 3.8) is 0 Å². The van der Waals surface area contributed by atoms with Crippen molar-refractivity contribution in [1.82, 2.24) is 5.32 Å². The van der Waals surface area contributed by atoms with Crippen molar-refractivity contribution in [2.45, 2.75) is 31.7 Å². The summed E-state index contributed by atoms with van der Waals surface area (Å²) in [5.74, 6) is 0.822. The van der Waals surface area contributed by atoms with Crippen molar-refractivity contribution in [3.05, 3.63) is 35.0 Å². The zero-order chi connectivity index (χ0) is 12.5. The number of hydrogen-bond acceptors (Lipinski definition) is 2. The zero-order valence-electron chi connectivity index (χ0n) is 10.6. The third-order valence-corrected chi connectivity index (χ3v) is 4.97. The van der Waals surface area contributed by atoms with Gasteiger partial charge in [-0.15, -0.1) is 11.3 Å². The average Bonchev–Trinajstić information content (AvgIpc) is 3.09. The molecule has 1 fully saturated rings. The molecule has 18 heavy (non-hydrogen) atoms. The van der Waals surface area contributed by atoms with Crippen LogP contribution in [0.25, 0.3) is 10.1 Å². The standard InChI is InChI=1S/C15H18FNS/c1-17-13(7-4-10-2-3-10)15-8-11-5-6-12(16)9-14(11)18-15/h5-6,8-10,13,17H,2-4,7H2,1H3. The van der Waals surface area contributed by atoms with E-state index in [1.165, 1.54) is 36.6 Å². The quantitative estimate of drug-likeness (QED) is 0.838. The highest BCUT2D eigenvalue weighted by molar-refractivity contribution is 7.19. The lowest BCUT2D eigenvalue weighted by Crippen LogP contribution is -2.15. The van der Waals surface area contributed by atoms with Crippen molar-refractivity contribution in [1.29, 1.82) is 0 Å². The van der Waals surface area contributed by atoms with Gasteiger partial charge in [-0.2, -0.15) is 0 Å². The zero-order valence-corrected chi connectivity index (χ0v) is 11.4. The van der Waals surface area contributed by atoms with Gasteiger partial charge in [0, 0.05) is 15.6 Å². The molecule has 0 saturated heterocycles. The van der Waals surface area contributed by atoms with Gasteiger partial charge in [-0.3, -0.25) is 0 Å². The first kappa shape index (κ1) is 12.1. The van der Waals surface area contributed by atoms with Crippen molar-refractivity contribution in [3.8, 4) is 0 Å². The van der Waals surface area contributed by atoms with E-state index in [2.05, 4.69) is 11.4 Å². The van der Waals surface area contributed by atoms with Gasteiger partial charge in [0.05, 0.1) is 0 Å². The van der Waals surface area contributed by atoms with Gasteiger partial charge in [-0.25, -0.2) is 4.39 Å². The van der Waals surface area contributed by atoms with E-state index in [-0.39, 0.29) is 5.82 Å². The number of thiophene rings is 1. The third kappa shape index (κ3) is 2.57. The van der Waals surface area contributed by atoms with Crippen molar-refractivity contribution in [2.24, 2.45) is 5.92 Å². The maximum Gasteiger partial charge on any atom is 0.124 e. The molecule has 0 spiro atoms. The third-order valence-electron chi connectivity index (χ3n) is 3.75. The molecule has 0 amide bonds. The molecule has 1 aliphatic rings. The van der Waals surface area contributed by atoms with Gasteiger partial charge in [0.2, 0.25) is 0 Å². The molecule has 1 aromatic carbocycles. The summed E-state index contributed by atoms with van der Waals surface area (Å²) in [5.41, 5.74) is 0. The Morgan fingerprint density at radius 2 is 2.22 bits per heavy atom. The largest absolute Gasteiger partial charge is 0.312 e. The van der Waals surface area contributed by atoms with Crippen LogP contribution in [0, 0.1) is 11.7 Å². The molecule has 1 aromatic heterocycles. The second kappa shape index (κ2) is 4.98. The summed E-state index contributed by atoms with van der Waals surface area (Å²) in [6.07, 6.45) is 5.33. The van der Waals surface area contributed by atoms with Crippen LogP contribution in [0.1, 0.15) is 36.6 Å². The maximum absolute atomic E-state index is 13.2. The summed E-state index contributed by atoms with van der Waals surface area (Å²) in [6.45, 7) is 0. The van der Waals surface area contributed by atoms with E-state index in [4.69, 9.17) is 0 Å². The topological polar surface area (TPSA) is 12.0 Å². The molecular formula is C15H18FNS. The van der Waals surface area contributed by atoms with Crippen molar-refractivity contribution >= 4 is 21.4 Å². The molecule has 1 nitrogen and oxygen atoms in total. The van der Waals surface area contributed by atoms with Gasteiger partial charge >= 0.3 is 0 Å². The Morgan fingerprint density at radius 1 is 1.39 bits per heavy atom. The lowest BCUT2D eigenvalue weighted by Gasteiger charge is -2.13. The van der Waals surface area contributed by atoms with E-state index in [1.54, 1.807) is 17.4 Å². The number of rotatable bonds is 5. The van der Waals surface area contributed by atoms with Crippen LogP contribution in [0.15, 0.2) is 24.3 Å². The number of fused-ring (bicyclic) bond motifs is 1. The van der Waals surface area contributed by atoms with Crippen molar-refractivity contribution in [2.75, 3.05) is 7.05 Å². The minimum atomic E-state index is -0.144. The number of halogens is 1. The molecule has 0 bridgehead atoms. The normalized spacial score (nSPS) is 17.2. The first-order valence-corrected chi connectivity index (χ1v) is 7.44. The van der Waals surface area contributed by atoms with Crippen LogP contribution in [0.5, 0.6) is 0 Å². The minimum absolute atomic E-state index is 0.144. The smallest absolute Gasteiger partial charge is 0.124 e. The van der Waals surface area contributed by atoms with Gasteiger partial charge in [0.1, 0.15) is 5.82 Å². The van der Waals surface area contributed by atoms with Gasteiger partial charge in [0.15, 0.2) is 0 Å². The van der Waals surface area contributed by atoms with E-state index in [9.17, 15) is 4.39 Å². The van der Waals surface area contributed by atoms with Crippen LogP contribution in [-0.4, -0.2) is 7.05 Å². The predicted octanol–water partition coefficient (Wildman–Crippen LogP) is 4.49. The highest BCUT2D eigenvalue weighted by atomic mass is 32.1. The lowest BCUT2D eigenvalue weighted by atomic mass is 10.1. The lowest BCUT2D eigenvalue weighted by molar-refractivity contribution is 0.513. The van der Waals surface area contributed by atoms with Gasteiger partial charge < -0.3 is 5.32 Å². The molecule has 3 rings (SSSR count). The Hall–Kier alpha value is -0.930. The van der Waals surface area contributed by atoms with Gasteiger partial charge in [-0.05, 0) is 49.4 Å². The molecule has 1 aliphatic carbocycles. The molecule has 3 heteroatoms. The Morgan fingerprint density at radius 3 is 2.94 bits per heavy atom. The Bertz CT molecular complexity index is 544. The second-order valence-electron chi connectivity index (χ2n) is 5.19. The fourth-order valence-corrected chi connectivity index (χ4v) is 3.67. The number of benzene rings is 1. The summed E-state index contributed by atoms with van der Waals surface area (Å²) in [5, 5.41) is 4.55. The van der Waals surface area contributed by atoms with Gasteiger partial charge in [0.25, 0.3) is 0 Å². The minimum Gasteiger partial charge on any atom is -0.312 e. The first-order valence-electron chi connectivity index (χ1n) is 6.62. The number of nitrogens with one attached hydrogen (secondary N) is 1.